The van der Waals surface area contributed by atoms with Gasteiger partial charge in [-0.05, 0) is 29.7 Å². The molecule has 0 N–H and O–H groups in total. The van der Waals surface area contributed by atoms with Gasteiger partial charge in [0.25, 0.3) is 0 Å². The molecule has 100 valence electrons. The highest BCUT2D eigenvalue weighted by molar-refractivity contribution is 7.09. The third-order valence-electron chi connectivity index (χ3n) is 3.18. The average molecular weight is 279 g/mol. The third kappa shape index (κ3) is 2.59. The summed E-state index contributed by atoms with van der Waals surface area (Å²) in [4.78, 5) is 6.63. The van der Waals surface area contributed by atoms with E-state index in [0.29, 0.717) is 12.4 Å². The van der Waals surface area contributed by atoms with Crippen molar-refractivity contribution >= 4 is 16.7 Å². The van der Waals surface area contributed by atoms with Gasteiger partial charge in [0.15, 0.2) is 5.82 Å². The molecular formula is C13H14FN3OS. The normalized spacial score (nSPS) is 14.5. The molecule has 1 aliphatic rings. The zero-order chi connectivity index (χ0) is 13.2. The fourth-order valence-electron chi connectivity index (χ4n) is 2.25. The van der Waals surface area contributed by atoms with Crippen molar-refractivity contribution in [3.05, 3.63) is 41.0 Å². The van der Waals surface area contributed by atoms with Crippen LogP contribution in [0.5, 0.6) is 0 Å². The number of nitrogens with zero attached hydrogens (tertiary/aromatic N) is 3. The second-order valence-electron chi connectivity index (χ2n) is 4.51. The van der Waals surface area contributed by atoms with Crippen LogP contribution in [0.15, 0.2) is 18.2 Å². The van der Waals surface area contributed by atoms with Crippen LogP contribution in [0, 0.1) is 5.82 Å². The first-order valence-electron chi connectivity index (χ1n) is 6.10. The highest BCUT2D eigenvalue weighted by Crippen LogP contribution is 2.26. The molecule has 0 aliphatic carbocycles. The lowest BCUT2D eigenvalue weighted by Crippen LogP contribution is -2.30. The zero-order valence-corrected chi connectivity index (χ0v) is 11.4. The summed E-state index contributed by atoms with van der Waals surface area (Å²) in [5, 5.41) is 0.905. The number of fused-ring (bicyclic) bond motifs is 1. The molecule has 6 heteroatoms. The molecule has 0 unspecified atom stereocenters. The maximum Gasteiger partial charge on any atom is 0.205 e. The Balaban J connectivity index is 1.79. The van der Waals surface area contributed by atoms with E-state index in [9.17, 15) is 4.39 Å². The van der Waals surface area contributed by atoms with E-state index in [1.807, 2.05) is 6.07 Å². The maximum atomic E-state index is 13.2. The molecule has 0 fully saturated rings. The quantitative estimate of drug-likeness (QED) is 0.864. The minimum Gasteiger partial charge on any atom is -0.377 e. The second kappa shape index (κ2) is 5.22. The summed E-state index contributed by atoms with van der Waals surface area (Å²) in [6.07, 6.45) is 0.840. The van der Waals surface area contributed by atoms with Crippen LogP contribution in [0.1, 0.15) is 17.0 Å². The second-order valence-corrected chi connectivity index (χ2v) is 5.24. The summed E-state index contributed by atoms with van der Waals surface area (Å²) in [5.41, 5.74) is 2.26. The van der Waals surface area contributed by atoms with Gasteiger partial charge in [0.2, 0.25) is 5.13 Å². The fourth-order valence-corrected chi connectivity index (χ4v) is 2.94. The molecule has 19 heavy (non-hydrogen) atoms. The monoisotopic (exact) mass is 279 g/mol. The fraction of sp³-hybridized carbons (Fsp3) is 0.385. The van der Waals surface area contributed by atoms with Crippen molar-refractivity contribution < 1.29 is 9.13 Å². The molecule has 2 aromatic rings. The van der Waals surface area contributed by atoms with Gasteiger partial charge in [-0.2, -0.15) is 4.37 Å². The van der Waals surface area contributed by atoms with Gasteiger partial charge in [-0.3, -0.25) is 0 Å². The molecule has 1 aliphatic heterocycles. The molecular weight excluding hydrogens is 265 g/mol. The van der Waals surface area contributed by atoms with Crippen molar-refractivity contribution in [2.75, 3.05) is 18.6 Å². The Morgan fingerprint density at radius 1 is 1.42 bits per heavy atom. The molecule has 0 spiro atoms. The molecule has 0 atom stereocenters. The van der Waals surface area contributed by atoms with Gasteiger partial charge < -0.3 is 9.64 Å². The van der Waals surface area contributed by atoms with Crippen LogP contribution >= 0.6 is 11.5 Å². The van der Waals surface area contributed by atoms with Gasteiger partial charge in [0.1, 0.15) is 12.4 Å². The summed E-state index contributed by atoms with van der Waals surface area (Å²) in [5.74, 6) is 0.554. The molecule has 1 aromatic carbocycles. The Bertz CT molecular complexity index is 587. The molecule has 0 radical (unpaired) electrons. The molecule has 4 nitrogen and oxygen atoms in total. The van der Waals surface area contributed by atoms with Crippen LogP contribution in [0.25, 0.3) is 0 Å². The summed E-state index contributed by atoms with van der Waals surface area (Å²) in [6.45, 7) is 2.04. The van der Waals surface area contributed by atoms with Crippen LogP contribution in [0.3, 0.4) is 0 Å². The summed E-state index contributed by atoms with van der Waals surface area (Å²) < 4.78 is 22.4. The number of hydrogen-bond donors (Lipinski definition) is 0. The third-order valence-corrected chi connectivity index (χ3v) is 4.00. The smallest absolute Gasteiger partial charge is 0.205 e. The number of halogens is 1. The van der Waals surface area contributed by atoms with Crippen LogP contribution in [-0.2, 0) is 24.3 Å². The van der Waals surface area contributed by atoms with Crippen LogP contribution in [0.2, 0.25) is 0 Å². The van der Waals surface area contributed by atoms with E-state index in [1.165, 1.54) is 17.6 Å². The van der Waals surface area contributed by atoms with E-state index >= 15 is 0 Å². The lowest BCUT2D eigenvalue weighted by molar-refractivity contribution is 0.179. The van der Waals surface area contributed by atoms with Gasteiger partial charge >= 0.3 is 0 Å². The molecule has 0 bridgehead atoms. The number of ether oxygens (including phenoxy) is 1. The van der Waals surface area contributed by atoms with Crippen molar-refractivity contribution in [2.24, 2.45) is 0 Å². The first-order chi connectivity index (χ1) is 9.26. The van der Waals surface area contributed by atoms with Gasteiger partial charge in [0.05, 0.1) is 0 Å². The van der Waals surface area contributed by atoms with E-state index in [0.717, 1.165) is 35.8 Å². The van der Waals surface area contributed by atoms with Crippen LogP contribution < -0.4 is 4.90 Å². The Morgan fingerprint density at radius 2 is 2.32 bits per heavy atom. The maximum absolute atomic E-state index is 13.2. The highest BCUT2D eigenvalue weighted by Gasteiger charge is 2.19. The lowest BCUT2D eigenvalue weighted by Gasteiger charge is -2.28. The number of hydrogen-bond acceptors (Lipinski definition) is 5. The Hall–Kier alpha value is -1.53. The lowest BCUT2D eigenvalue weighted by atomic mass is 10.0. The van der Waals surface area contributed by atoms with E-state index in [2.05, 4.69) is 14.3 Å². The van der Waals surface area contributed by atoms with Gasteiger partial charge in [-0.1, -0.05) is 6.07 Å². The molecule has 0 saturated heterocycles. The predicted molar refractivity (Wildman–Crippen MR) is 71.8 cm³/mol. The molecule has 1 aromatic heterocycles. The van der Waals surface area contributed by atoms with Crippen LogP contribution in [0.4, 0.5) is 9.52 Å². The number of methoxy groups -OCH3 is 1. The van der Waals surface area contributed by atoms with E-state index in [-0.39, 0.29) is 5.82 Å². The molecule has 2 heterocycles. The van der Waals surface area contributed by atoms with Gasteiger partial charge in [-0.15, -0.1) is 0 Å². The van der Waals surface area contributed by atoms with Gasteiger partial charge in [0, 0.05) is 31.7 Å². The Kier molecular flexibility index (Phi) is 3.44. The Morgan fingerprint density at radius 3 is 3.16 bits per heavy atom. The standard InChI is InChI=1S/C13H14FN3OS/c1-18-8-12-15-13(19-16-12)17-5-4-9-6-11(14)3-2-10(9)7-17/h2-3,6H,4-5,7-8H2,1H3. The van der Waals surface area contributed by atoms with Crippen molar-refractivity contribution in [3.63, 3.8) is 0 Å². The predicted octanol–water partition coefficient (Wildman–Crippen LogP) is 2.39. The van der Waals surface area contributed by atoms with Crippen molar-refractivity contribution in [3.8, 4) is 0 Å². The Labute approximate surface area is 115 Å². The number of benzene rings is 1. The van der Waals surface area contributed by atoms with E-state index in [1.54, 1.807) is 13.2 Å². The highest BCUT2D eigenvalue weighted by atomic mass is 32.1. The average Bonchev–Trinajstić information content (AvgIpc) is 2.87. The minimum absolute atomic E-state index is 0.162. The SMILES string of the molecule is COCc1nsc(N2CCc3cc(F)ccc3C2)n1. The first-order valence-corrected chi connectivity index (χ1v) is 6.87. The molecule has 0 saturated carbocycles. The topological polar surface area (TPSA) is 38.2 Å². The van der Waals surface area contributed by atoms with Crippen molar-refractivity contribution in [1.82, 2.24) is 9.36 Å². The van der Waals surface area contributed by atoms with Crippen molar-refractivity contribution in [1.29, 1.82) is 0 Å². The summed E-state index contributed by atoms with van der Waals surface area (Å²) in [6, 6.07) is 5.00. The van der Waals surface area contributed by atoms with E-state index in [4.69, 9.17) is 4.74 Å². The zero-order valence-electron chi connectivity index (χ0n) is 10.6. The molecule has 0 amide bonds. The molecule has 3 rings (SSSR count). The number of aromatic nitrogens is 2. The summed E-state index contributed by atoms with van der Waals surface area (Å²) in [7, 11) is 1.63. The number of rotatable bonds is 3. The van der Waals surface area contributed by atoms with Crippen molar-refractivity contribution in [2.45, 2.75) is 19.6 Å². The largest absolute Gasteiger partial charge is 0.377 e. The van der Waals surface area contributed by atoms with Gasteiger partial charge in [-0.25, -0.2) is 9.37 Å². The van der Waals surface area contributed by atoms with E-state index < -0.39 is 0 Å². The minimum atomic E-state index is -0.162. The summed E-state index contributed by atoms with van der Waals surface area (Å²) >= 11 is 1.38. The van der Waals surface area contributed by atoms with Crippen LogP contribution in [-0.4, -0.2) is 23.0 Å². The number of anilines is 1. The first kappa shape index (κ1) is 12.5.